The lowest BCUT2D eigenvalue weighted by atomic mass is 10.2. The summed E-state index contributed by atoms with van der Waals surface area (Å²) in [6.07, 6.45) is 0.454. The van der Waals surface area contributed by atoms with Crippen molar-refractivity contribution in [3.8, 4) is 5.75 Å². The number of aryl methyl sites for hydroxylation is 1. The van der Waals surface area contributed by atoms with Gasteiger partial charge < -0.3 is 10.1 Å². The number of Topliss-reactive ketones (excluding diaryl/α,β-unsaturated/α-hetero) is 1. The maximum Gasteiger partial charge on any atom is 0.149 e. The van der Waals surface area contributed by atoms with E-state index in [4.69, 9.17) is 4.74 Å². The second kappa shape index (κ2) is 6.19. The van der Waals surface area contributed by atoms with Crippen molar-refractivity contribution in [3.63, 3.8) is 0 Å². The molecule has 1 N–H and O–H groups in total. The number of hydrogen-bond acceptors (Lipinski definition) is 3. The Kier molecular flexibility index (Phi) is 4.84. The minimum Gasteiger partial charge on any atom is -0.493 e. The van der Waals surface area contributed by atoms with Gasteiger partial charge in [0, 0.05) is 6.42 Å². The molecule has 0 fully saturated rings. The van der Waals surface area contributed by atoms with Gasteiger partial charge in [-0.15, -0.1) is 0 Å². The summed E-state index contributed by atoms with van der Waals surface area (Å²) in [5, 5.41) is 2.82. The van der Waals surface area contributed by atoms with E-state index in [-0.39, 0.29) is 5.78 Å². The Hall–Kier alpha value is -1.35. The van der Waals surface area contributed by atoms with Gasteiger partial charge in [-0.1, -0.05) is 18.2 Å². The van der Waals surface area contributed by atoms with E-state index in [9.17, 15) is 4.79 Å². The van der Waals surface area contributed by atoms with Crippen LogP contribution in [-0.4, -0.2) is 26.0 Å². The summed E-state index contributed by atoms with van der Waals surface area (Å²) in [5.41, 5.74) is 1.10. The molecule has 0 heterocycles. The second-order valence-corrected chi connectivity index (χ2v) is 3.43. The zero-order valence-electron chi connectivity index (χ0n) is 9.25. The Morgan fingerprint density at radius 2 is 2.13 bits per heavy atom. The van der Waals surface area contributed by atoms with Gasteiger partial charge in [-0.3, -0.25) is 4.79 Å². The Labute approximate surface area is 90.4 Å². The second-order valence-electron chi connectivity index (χ2n) is 3.43. The van der Waals surface area contributed by atoms with Gasteiger partial charge in [-0.25, -0.2) is 0 Å². The fourth-order valence-electron chi connectivity index (χ4n) is 1.28. The molecule has 15 heavy (non-hydrogen) atoms. The molecule has 82 valence electrons. The number of carbonyl (C=O) groups is 1. The molecule has 0 aliphatic carbocycles. The standard InChI is InChI=1S/C12H17NO2/c1-10-5-3-4-6-12(10)15-8-7-11(14)9-13-2/h3-6,13H,7-9H2,1-2H3. The maximum atomic E-state index is 11.2. The third kappa shape index (κ3) is 4.13. The van der Waals surface area contributed by atoms with Gasteiger partial charge in [0.2, 0.25) is 0 Å². The number of para-hydroxylation sites is 1. The molecule has 1 rings (SSSR count). The molecule has 1 aromatic rings. The van der Waals surface area contributed by atoms with Crippen LogP contribution in [0.1, 0.15) is 12.0 Å². The molecule has 0 saturated heterocycles. The van der Waals surface area contributed by atoms with Gasteiger partial charge in [0.25, 0.3) is 0 Å². The number of ketones is 1. The summed E-state index contributed by atoms with van der Waals surface area (Å²) < 4.78 is 5.51. The zero-order valence-corrected chi connectivity index (χ0v) is 9.25. The number of likely N-dealkylation sites (N-methyl/N-ethyl adjacent to an activating group) is 1. The van der Waals surface area contributed by atoms with Gasteiger partial charge in [0.05, 0.1) is 13.2 Å². The van der Waals surface area contributed by atoms with Gasteiger partial charge >= 0.3 is 0 Å². The summed E-state index contributed by atoms with van der Waals surface area (Å²) >= 11 is 0. The molecule has 1 aromatic carbocycles. The first-order chi connectivity index (χ1) is 7.24. The highest BCUT2D eigenvalue weighted by atomic mass is 16.5. The van der Waals surface area contributed by atoms with E-state index in [0.717, 1.165) is 11.3 Å². The Morgan fingerprint density at radius 3 is 2.80 bits per heavy atom. The highest BCUT2D eigenvalue weighted by Gasteiger charge is 2.01. The molecule has 0 atom stereocenters. The minimum atomic E-state index is 0.172. The van der Waals surface area contributed by atoms with E-state index in [2.05, 4.69) is 5.32 Å². The van der Waals surface area contributed by atoms with Crippen molar-refractivity contribution >= 4 is 5.78 Å². The lowest BCUT2D eigenvalue weighted by Crippen LogP contribution is -2.20. The molecule has 0 aliphatic rings. The van der Waals surface area contributed by atoms with Gasteiger partial charge in [0.1, 0.15) is 11.5 Å². The van der Waals surface area contributed by atoms with Crippen LogP contribution >= 0.6 is 0 Å². The molecular formula is C12H17NO2. The van der Waals surface area contributed by atoms with Gasteiger partial charge in [-0.05, 0) is 25.6 Å². The molecule has 3 nitrogen and oxygen atoms in total. The van der Waals surface area contributed by atoms with E-state index in [1.54, 1.807) is 7.05 Å². The van der Waals surface area contributed by atoms with Crippen LogP contribution in [0, 0.1) is 6.92 Å². The first kappa shape index (κ1) is 11.7. The predicted octanol–water partition coefficient (Wildman–Crippen LogP) is 1.55. The predicted molar refractivity (Wildman–Crippen MR) is 60.2 cm³/mol. The molecule has 0 saturated carbocycles. The fraction of sp³-hybridized carbons (Fsp3) is 0.417. The number of carbonyl (C=O) groups excluding carboxylic acids is 1. The highest BCUT2D eigenvalue weighted by molar-refractivity contribution is 5.80. The summed E-state index contributed by atoms with van der Waals surface area (Å²) in [4.78, 5) is 11.2. The number of nitrogens with one attached hydrogen (secondary N) is 1. The molecule has 0 amide bonds. The van der Waals surface area contributed by atoms with E-state index < -0.39 is 0 Å². The third-order valence-corrected chi connectivity index (χ3v) is 2.11. The highest BCUT2D eigenvalue weighted by Crippen LogP contribution is 2.15. The Balaban J connectivity index is 2.32. The zero-order chi connectivity index (χ0) is 11.1. The first-order valence-electron chi connectivity index (χ1n) is 5.08. The van der Waals surface area contributed by atoms with Crippen LogP contribution < -0.4 is 10.1 Å². The lowest BCUT2D eigenvalue weighted by Gasteiger charge is -2.07. The Bertz CT molecular complexity index is 323. The summed E-state index contributed by atoms with van der Waals surface area (Å²) in [6.45, 7) is 2.85. The van der Waals surface area contributed by atoms with Crippen LogP contribution in [-0.2, 0) is 4.79 Å². The molecule has 0 radical (unpaired) electrons. The van der Waals surface area contributed by atoms with Crippen LogP contribution in [0.2, 0.25) is 0 Å². The normalized spacial score (nSPS) is 10.0. The van der Waals surface area contributed by atoms with Gasteiger partial charge in [0.15, 0.2) is 0 Å². The average Bonchev–Trinajstić information content (AvgIpc) is 2.21. The molecular weight excluding hydrogens is 190 g/mol. The topological polar surface area (TPSA) is 38.3 Å². The van der Waals surface area contributed by atoms with Crippen LogP contribution in [0.4, 0.5) is 0 Å². The molecule has 0 unspecified atom stereocenters. The van der Waals surface area contributed by atoms with Crippen LogP contribution in [0.25, 0.3) is 0 Å². The fourth-order valence-corrected chi connectivity index (χ4v) is 1.28. The molecule has 0 aliphatic heterocycles. The van der Waals surface area contributed by atoms with E-state index in [1.807, 2.05) is 31.2 Å². The summed E-state index contributed by atoms with van der Waals surface area (Å²) in [5.74, 6) is 1.03. The first-order valence-corrected chi connectivity index (χ1v) is 5.08. The molecule has 0 spiro atoms. The third-order valence-electron chi connectivity index (χ3n) is 2.11. The average molecular weight is 207 g/mol. The lowest BCUT2D eigenvalue weighted by molar-refractivity contribution is -0.118. The minimum absolute atomic E-state index is 0.172. The van der Waals surface area contributed by atoms with Crippen molar-refractivity contribution in [1.82, 2.24) is 5.32 Å². The van der Waals surface area contributed by atoms with Crippen molar-refractivity contribution in [2.75, 3.05) is 20.2 Å². The van der Waals surface area contributed by atoms with Crippen molar-refractivity contribution in [2.45, 2.75) is 13.3 Å². The van der Waals surface area contributed by atoms with E-state index in [1.165, 1.54) is 0 Å². The smallest absolute Gasteiger partial charge is 0.149 e. The van der Waals surface area contributed by atoms with Crippen molar-refractivity contribution in [3.05, 3.63) is 29.8 Å². The molecule has 0 aromatic heterocycles. The number of benzene rings is 1. The summed E-state index contributed by atoms with van der Waals surface area (Å²) in [6, 6.07) is 7.80. The quantitative estimate of drug-likeness (QED) is 0.769. The van der Waals surface area contributed by atoms with Crippen molar-refractivity contribution < 1.29 is 9.53 Å². The monoisotopic (exact) mass is 207 g/mol. The van der Waals surface area contributed by atoms with E-state index >= 15 is 0 Å². The van der Waals surface area contributed by atoms with Crippen molar-refractivity contribution in [2.24, 2.45) is 0 Å². The van der Waals surface area contributed by atoms with Crippen LogP contribution in [0.15, 0.2) is 24.3 Å². The number of hydrogen-bond donors (Lipinski definition) is 1. The maximum absolute atomic E-state index is 11.2. The van der Waals surface area contributed by atoms with E-state index in [0.29, 0.717) is 19.6 Å². The van der Waals surface area contributed by atoms with Crippen LogP contribution in [0.5, 0.6) is 5.75 Å². The number of rotatable bonds is 6. The van der Waals surface area contributed by atoms with Crippen LogP contribution in [0.3, 0.4) is 0 Å². The number of ether oxygens (including phenoxy) is 1. The van der Waals surface area contributed by atoms with Crippen molar-refractivity contribution in [1.29, 1.82) is 0 Å². The van der Waals surface area contributed by atoms with Gasteiger partial charge in [-0.2, -0.15) is 0 Å². The largest absolute Gasteiger partial charge is 0.493 e. The molecule has 0 bridgehead atoms. The SMILES string of the molecule is CNCC(=O)CCOc1ccccc1C. The summed E-state index contributed by atoms with van der Waals surface area (Å²) in [7, 11) is 1.76. The Morgan fingerprint density at radius 1 is 1.40 bits per heavy atom. The molecule has 3 heteroatoms.